The molecule has 0 aromatic carbocycles. The summed E-state index contributed by atoms with van der Waals surface area (Å²) in [4.78, 5) is 11.0. The average molecular weight is 241 g/mol. The van der Waals surface area contributed by atoms with Gasteiger partial charge >= 0.3 is 0 Å². The Balaban J connectivity index is -0.000000653. The highest BCUT2D eigenvalue weighted by atomic mass is 16.5. The third-order valence-corrected chi connectivity index (χ3v) is 3.17. The van der Waals surface area contributed by atoms with Crippen molar-refractivity contribution in [3.63, 3.8) is 0 Å². The van der Waals surface area contributed by atoms with Crippen LogP contribution in [0.15, 0.2) is 0 Å². The van der Waals surface area contributed by atoms with Gasteiger partial charge in [-0.15, -0.1) is 0 Å². The lowest BCUT2D eigenvalue weighted by Crippen LogP contribution is -2.20. The van der Waals surface area contributed by atoms with Crippen molar-refractivity contribution in [2.45, 2.75) is 72.8 Å². The van der Waals surface area contributed by atoms with Gasteiger partial charge in [0.15, 0.2) is 0 Å². The molecule has 0 bridgehead atoms. The molecule has 101 valence electrons. The summed E-state index contributed by atoms with van der Waals surface area (Å²) >= 11 is 0. The molecule has 0 aromatic rings. The van der Waals surface area contributed by atoms with Crippen molar-refractivity contribution in [2.24, 2.45) is 5.92 Å². The van der Waals surface area contributed by atoms with E-state index in [-0.39, 0.29) is 35.2 Å². The Bertz CT molecular complexity index is 177. The molecular weight excluding hydrogens is 211 g/mol. The van der Waals surface area contributed by atoms with Crippen LogP contribution in [0.3, 0.4) is 0 Å². The monoisotopic (exact) mass is 241 g/mol. The van der Waals surface area contributed by atoms with Gasteiger partial charge in [0.05, 0.1) is 6.10 Å². The topological polar surface area (TPSA) is 26.3 Å². The lowest BCUT2D eigenvalue weighted by Gasteiger charge is -2.25. The van der Waals surface area contributed by atoms with Crippen molar-refractivity contribution in [1.29, 1.82) is 0 Å². The third-order valence-electron chi connectivity index (χ3n) is 3.17. The molecule has 0 aliphatic heterocycles. The van der Waals surface area contributed by atoms with Crippen LogP contribution in [0.25, 0.3) is 0 Å². The fourth-order valence-corrected chi connectivity index (χ4v) is 2.38. The number of Topliss-reactive ketones (excluding diaryl/α,β-unsaturated/α-hetero) is 1. The van der Waals surface area contributed by atoms with Gasteiger partial charge in [-0.2, -0.15) is 0 Å². The number of methoxy groups -OCH3 is 1. The summed E-state index contributed by atoms with van der Waals surface area (Å²) in [7, 11) is 1.72. The lowest BCUT2D eigenvalue weighted by atomic mass is 9.84. The number of ether oxygens (including phenoxy) is 1. The Morgan fingerprint density at radius 3 is 2.18 bits per heavy atom. The fraction of sp³-hybridized carbons (Fsp3) is 0.929. The standard InChI is InChI=1S/C12H22O2.2CH4.B/c1-10(13)8-12(14-2)9-11-6-4-3-5-7-11;;;/h11-12H,3-9H2,1-2H3;2*1H4;. The van der Waals surface area contributed by atoms with E-state index in [0.29, 0.717) is 6.42 Å². The van der Waals surface area contributed by atoms with E-state index in [1.807, 2.05) is 0 Å². The zero-order chi connectivity index (χ0) is 10.4. The number of carbonyl (C=O) groups is 1. The fourth-order valence-electron chi connectivity index (χ4n) is 2.38. The van der Waals surface area contributed by atoms with Crippen molar-refractivity contribution >= 4 is 14.2 Å². The van der Waals surface area contributed by atoms with Crippen LogP contribution in [0.5, 0.6) is 0 Å². The van der Waals surface area contributed by atoms with E-state index in [9.17, 15) is 4.79 Å². The molecule has 1 atom stereocenters. The maximum absolute atomic E-state index is 11.0. The molecule has 2 nitrogen and oxygen atoms in total. The number of hydrogen-bond acceptors (Lipinski definition) is 2. The predicted octanol–water partition coefficient (Wildman–Crippen LogP) is 3.84. The van der Waals surface area contributed by atoms with E-state index in [2.05, 4.69) is 0 Å². The molecule has 0 aromatic heterocycles. The van der Waals surface area contributed by atoms with Gasteiger partial charge in [-0.1, -0.05) is 47.0 Å². The Morgan fingerprint density at radius 2 is 1.76 bits per heavy atom. The van der Waals surface area contributed by atoms with Gasteiger partial charge in [0.1, 0.15) is 5.78 Å². The zero-order valence-electron chi connectivity index (χ0n) is 10.00. The molecule has 1 saturated carbocycles. The molecule has 17 heavy (non-hydrogen) atoms. The van der Waals surface area contributed by atoms with Crippen molar-refractivity contribution < 1.29 is 9.53 Å². The quantitative estimate of drug-likeness (QED) is 0.683. The summed E-state index contributed by atoms with van der Waals surface area (Å²) < 4.78 is 5.34. The number of rotatable bonds is 5. The lowest BCUT2D eigenvalue weighted by molar-refractivity contribution is -0.119. The number of carbonyl (C=O) groups excluding carboxylic acids is 1. The molecule has 0 spiro atoms. The summed E-state index contributed by atoms with van der Waals surface area (Å²) in [6.07, 6.45) is 8.61. The van der Waals surface area contributed by atoms with Gasteiger partial charge in [0.25, 0.3) is 0 Å². The minimum Gasteiger partial charge on any atom is -0.381 e. The molecule has 1 fully saturated rings. The Labute approximate surface area is 110 Å². The molecule has 1 aliphatic rings. The van der Waals surface area contributed by atoms with Crippen LogP contribution in [0.1, 0.15) is 66.7 Å². The summed E-state index contributed by atoms with van der Waals surface area (Å²) in [6, 6.07) is 0. The van der Waals surface area contributed by atoms with Gasteiger partial charge in [-0.3, -0.25) is 4.79 Å². The second kappa shape index (κ2) is 12.2. The summed E-state index contributed by atoms with van der Waals surface area (Å²) in [6.45, 7) is 1.65. The van der Waals surface area contributed by atoms with Crippen LogP contribution >= 0.6 is 0 Å². The second-order valence-electron chi connectivity index (χ2n) is 4.50. The van der Waals surface area contributed by atoms with Gasteiger partial charge < -0.3 is 4.74 Å². The van der Waals surface area contributed by atoms with E-state index < -0.39 is 0 Å². The van der Waals surface area contributed by atoms with Gasteiger partial charge in [-0.05, 0) is 19.3 Å². The van der Waals surface area contributed by atoms with Crippen LogP contribution in [-0.4, -0.2) is 27.4 Å². The first-order valence-electron chi connectivity index (χ1n) is 5.74. The summed E-state index contributed by atoms with van der Waals surface area (Å²) in [5.74, 6) is 1.04. The van der Waals surface area contributed by atoms with Crippen LogP contribution in [0.4, 0.5) is 0 Å². The van der Waals surface area contributed by atoms with Crippen LogP contribution in [-0.2, 0) is 9.53 Å². The minimum absolute atomic E-state index is 0. The molecule has 3 heteroatoms. The van der Waals surface area contributed by atoms with Gasteiger partial charge in [0, 0.05) is 21.9 Å². The Morgan fingerprint density at radius 1 is 1.24 bits per heavy atom. The summed E-state index contributed by atoms with van der Waals surface area (Å²) in [5.41, 5.74) is 0. The number of ketones is 1. The van der Waals surface area contributed by atoms with E-state index in [1.165, 1.54) is 32.1 Å². The smallest absolute Gasteiger partial charge is 0.132 e. The van der Waals surface area contributed by atoms with Crippen molar-refractivity contribution in [1.82, 2.24) is 0 Å². The average Bonchev–Trinajstić information content (AvgIpc) is 2.17. The third kappa shape index (κ3) is 9.40. The predicted molar refractivity (Wildman–Crippen MR) is 76.5 cm³/mol. The molecule has 3 radical (unpaired) electrons. The van der Waals surface area contributed by atoms with E-state index >= 15 is 0 Å². The highest BCUT2D eigenvalue weighted by Gasteiger charge is 2.19. The van der Waals surface area contributed by atoms with Gasteiger partial charge in [0.2, 0.25) is 0 Å². The van der Waals surface area contributed by atoms with E-state index in [0.717, 1.165) is 12.3 Å². The molecule has 1 unspecified atom stereocenters. The van der Waals surface area contributed by atoms with E-state index in [1.54, 1.807) is 14.0 Å². The normalized spacial score (nSPS) is 17.1. The van der Waals surface area contributed by atoms with Crippen molar-refractivity contribution in [2.75, 3.05) is 7.11 Å². The first kappa shape index (κ1) is 21.9. The SMILES string of the molecule is C.C.COC(CC(C)=O)CC1CCCCC1.[B]. The van der Waals surface area contributed by atoms with Crippen molar-refractivity contribution in [3.05, 3.63) is 0 Å². The molecule has 0 heterocycles. The highest BCUT2D eigenvalue weighted by Crippen LogP contribution is 2.28. The molecule has 0 saturated heterocycles. The minimum atomic E-state index is 0. The van der Waals surface area contributed by atoms with Crippen LogP contribution < -0.4 is 0 Å². The maximum Gasteiger partial charge on any atom is 0.132 e. The Hall–Kier alpha value is -0.305. The molecule has 1 aliphatic carbocycles. The second-order valence-corrected chi connectivity index (χ2v) is 4.50. The maximum atomic E-state index is 11.0. The van der Waals surface area contributed by atoms with Crippen LogP contribution in [0, 0.1) is 5.92 Å². The first-order valence-corrected chi connectivity index (χ1v) is 5.74. The molecule has 1 rings (SSSR count). The van der Waals surface area contributed by atoms with Gasteiger partial charge in [-0.25, -0.2) is 0 Å². The molecule has 0 amide bonds. The largest absolute Gasteiger partial charge is 0.381 e. The summed E-state index contributed by atoms with van der Waals surface area (Å²) in [5, 5.41) is 0. The van der Waals surface area contributed by atoms with Crippen molar-refractivity contribution in [3.8, 4) is 0 Å². The van der Waals surface area contributed by atoms with E-state index in [4.69, 9.17) is 4.74 Å². The highest BCUT2D eigenvalue weighted by molar-refractivity contribution is 5.76. The molecular formula is C14H30BO2. The number of hydrogen-bond donors (Lipinski definition) is 0. The van der Waals surface area contributed by atoms with Crippen LogP contribution in [0.2, 0.25) is 0 Å². The zero-order valence-corrected chi connectivity index (χ0v) is 10.00. The molecule has 0 N–H and O–H groups in total. The Kier molecular flexibility index (Phi) is 15.7. The first-order chi connectivity index (χ1) is 6.72.